The summed E-state index contributed by atoms with van der Waals surface area (Å²) in [4.78, 5) is 48.0. The van der Waals surface area contributed by atoms with Crippen molar-refractivity contribution >= 4 is 30.3 Å². The van der Waals surface area contributed by atoms with Crippen molar-refractivity contribution in [1.29, 1.82) is 0 Å². The van der Waals surface area contributed by atoms with E-state index in [0.29, 0.717) is 30.6 Å². The molecule has 1 aromatic rings. The second kappa shape index (κ2) is 11.6. The fourth-order valence-corrected chi connectivity index (χ4v) is 8.75. The molecule has 4 atom stereocenters. The summed E-state index contributed by atoms with van der Waals surface area (Å²) >= 11 is 0. The van der Waals surface area contributed by atoms with E-state index in [1.54, 1.807) is 4.90 Å². The van der Waals surface area contributed by atoms with Crippen LogP contribution in [-0.2, 0) is 9.59 Å². The zero-order valence-corrected chi connectivity index (χ0v) is 24.7. The predicted octanol–water partition coefficient (Wildman–Crippen LogP) is 4.85. The summed E-state index contributed by atoms with van der Waals surface area (Å²) in [5.41, 5.74) is 0.441. The molecule has 4 saturated heterocycles. The van der Waals surface area contributed by atoms with Gasteiger partial charge in [0.2, 0.25) is 5.91 Å². The molecule has 4 heterocycles. The summed E-state index contributed by atoms with van der Waals surface area (Å²) in [6, 6.07) is 10.6. The molecule has 9 heteroatoms. The maximum atomic E-state index is 13.7. The van der Waals surface area contributed by atoms with E-state index >= 15 is 0 Å². The lowest BCUT2D eigenvalue weighted by atomic mass is 9.79. The molecule has 0 N–H and O–H groups in total. The number of alkyl halides is 1. The first-order chi connectivity index (χ1) is 18.8. The highest BCUT2D eigenvalue weighted by Crippen LogP contribution is 2.49. The Bertz CT molecular complexity index is 1080. The largest absolute Gasteiger partial charge is 0.341 e. The van der Waals surface area contributed by atoms with Gasteiger partial charge in [-0.3, -0.25) is 19.4 Å². The van der Waals surface area contributed by atoms with Gasteiger partial charge in [-0.1, -0.05) is 43.2 Å². The first-order valence-corrected chi connectivity index (χ1v) is 15.1. The van der Waals surface area contributed by atoms with Crippen LogP contribution in [0.15, 0.2) is 30.3 Å². The highest BCUT2D eigenvalue weighted by Gasteiger charge is 2.63. The second-order valence-corrected chi connectivity index (χ2v) is 12.9. The highest BCUT2D eigenvalue weighted by molar-refractivity contribution is 6.07. The van der Waals surface area contributed by atoms with Crippen LogP contribution >= 0.6 is 12.4 Å². The molecule has 1 saturated carbocycles. The minimum atomic E-state index is -0.859. The van der Waals surface area contributed by atoms with Gasteiger partial charge in [-0.05, 0) is 63.9 Å². The number of halogens is 2. The number of benzene rings is 1. The Morgan fingerprint density at radius 2 is 1.65 bits per heavy atom. The first-order valence-electron chi connectivity index (χ1n) is 15.1. The average Bonchev–Trinajstić information content (AvgIpc) is 3.69. The molecule has 1 aliphatic carbocycles. The molecule has 0 aromatic heterocycles. The van der Waals surface area contributed by atoms with Crippen molar-refractivity contribution in [3.8, 4) is 0 Å². The van der Waals surface area contributed by atoms with Crippen molar-refractivity contribution in [3.05, 3.63) is 35.9 Å². The van der Waals surface area contributed by atoms with Gasteiger partial charge >= 0.3 is 6.03 Å². The third kappa shape index (κ3) is 4.83. The Labute approximate surface area is 243 Å². The van der Waals surface area contributed by atoms with E-state index in [2.05, 4.69) is 34.1 Å². The zero-order valence-electron chi connectivity index (χ0n) is 23.8. The molecule has 5 fully saturated rings. The number of urea groups is 1. The van der Waals surface area contributed by atoms with E-state index in [9.17, 15) is 18.8 Å². The van der Waals surface area contributed by atoms with Crippen LogP contribution in [0.1, 0.15) is 76.7 Å². The molecule has 2 unspecified atom stereocenters. The number of nitrogens with zero attached hydrogens (tertiary/aromatic N) is 4. The summed E-state index contributed by atoms with van der Waals surface area (Å²) in [5.74, 6) is 0.957. The van der Waals surface area contributed by atoms with E-state index in [1.165, 1.54) is 5.56 Å². The lowest BCUT2D eigenvalue weighted by Crippen LogP contribution is -2.62. The van der Waals surface area contributed by atoms with Gasteiger partial charge in [-0.25, -0.2) is 9.18 Å². The van der Waals surface area contributed by atoms with Crippen LogP contribution in [0.4, 0.5) is 9.18 Å². The topological polar surface area (TPSA) is 64.2 Å². The third-order valence-electron chi connectivity index (χ3n) is 10.4. The summed E-state index contributed by atoms with van der Waals surface area (Å²) in [5, 5.41) is 0. The Morgan fingerprint density at radius 1 is 1.00 bits per heavy atom. The fraction of sp³-hybridized carbons (Fsp3) is 0.710. The van der Waals surface area contributed by atoms with Gasteiger partial charge in [0.1, 0.15) is 12.2 Å². The summed E-state index contributed by atoms with van der Waals surface area (Å²) in [7, 11) is 0. The minimum absolute atomic E-state index is 0. The van der Waals surface area contributed by atoms with Gasteiger partial charge in [0.15, 0.2) is 0 Å². The lowest BCUT2D eigenvalue weighted by molar-refractivity contribution is -0.138. The molecule has 2 bridgehead atoms. The zero-order chi connectivity index (χ0) is 27.3. The van der Waals surface area contributed by atoms with E-state index in [1.807, 2.05) is 19.9 Å². The van der Waals surface area contributed by atoms with Crippen LogP contribution in [0.5, 0.6) is 0 Å². The smallest absolute Gasteiger partial charge is 0.327 e. The molecule has 220 valence electrons. The fourth-order valence-electron chi connectivity index (χ4n) is 8.75. The van der Waals surface area contributed by atoms with Crippen molar-refractivity contribution < 1.29 is 18.8 Å². The number of carbonyl (C=O) groups is 3. The third-order valence-corrected chi connectivity index (χ3v) is 10.4. The number of hydrogen-bond donors (Lipinski definition) is 0. The van der Waals surface area contributed by atoms with Gasteiger partial charge in [-0.2, -0.15) is 0 Å². The number of hydrogen-bond acceptors (Lipinski definition) is 4. The number of fused-ring (bicyclic) bond motifs is 2. The number of rotatable bonds is 7. The number of imide groups is 1. The normalized spacial score (nSPS) is 32.6. The number of carbonyl (C=O) groups excluding carboxylic acids is 3. The predicted molar refractivity (Wildman–Crippen MR) is 154 cm³/mol. The van der Waals surface area contributed by atoms with Crippen LogP contribution in [-0.4, -0.2) is 94.0 Å². The Hall–Kier alpha value is -2.19. The van der Waals surface area contributed by atoms with E-state index in [4.69, 9.17) is 0 Å². The van der Waals surface area contributed by atoms with Crippen LogP contribution in [0.3, 0.4) is 0 Å². The molecule has 4 amide bonds. The minimum Gasteiger partial charge on any atom is -0.341 e. The molecular weight excluding hydrogens is 531 g/mol. The van der Waals surface area contributed by atoms with Gasteiger partial charge in [0.25, 0.3) is 5.91 Å². The Kier molecular flexibility index (Phi) is 8.49. The lowest BCUT2D eigenvalue weighted by Gasteiger charge is -2.48. The van der Waals surface area contributed by atoms with E-state index < -0.39 is 12.2 Å². The molecule has 7 nitrogen and oxygen atoms in total. The van der Waals surface area contributed by atoms with Crippen molar-refractivity contribution in [3.63, 3.8) is 0 Å². The van der Waals surface area contributed by atoms with Gasteiger partial charge < -0.3 is 9.80 Å². The number of amides is 4. The monoisotopic (exact) mass is 574 g/mol. The number of piperidine rings is 1. The number of likely N-dealkylation sites (tertiary alicyclic amines) is 1. The SMILES string of the molecule is CC(C)N1C(=O)N(CCF)C(=O)C12CC1CCC(C2)N1C[C@H]1CN(C(=O)C2CCCC2)C[C@@H]1c1ccccc1.Cl. The van der Waals surface area contributed by atoms with Crippen molar-refractivity contribution in [2.24, 2.45) is 11.8 Å². The molecule has 6 rings (SSSR count). The second-order valence-electron chi connectivity index (χ2n) is 12.9. The van der Waals surface area contributed by atoms with E-state index in [-0.39, 0.29) is 54.9 Å². The summed E-state index contributed by atoms with van der Waals surface area (Å²) in [6.07, 6.45) is 7.61. The molecule has 1 spiro atoms. The van der Waals surface area contributed by atoms with Crippen LogP contribution in [0.25, 0.3) is 0 Å². The van der Waals surface area contributed by atoms with Crippen molar-refractivity contribution in [2.75, 3.05) is 32.9 Å². The van der Waals surface area contributed by atoms with Crippen LogP contribution in [0, 0.1) is 11.8 Å². The summed E-state index contributed by atoms with van der Waals surface area (Å²) in [6.45, 7) is 5.51. The quantitative estimate of drug-likeness (QED) is 0.437. The van der Waals surface area contributed by atoms with Crippen molar-refractivity contribution in [1.82, 2.24) is 19.6 Å². The molecule has 0 radical (unpaired) electrons. The van der Waals surface area contributed by atoms with Gasteiger partial charge in [-0.15, -0.1) is 12.4 Å². The maximum absolute atomic E-state index is 13.7. The standard InChI is InChI=1S/C31H43FN4O3.ClH/c1-21(2)36-30(39)34(15-14-32)29(38)31(36)16-25-12-13-26(17-31)35(25)19-24-18-33(28(37)23-10-6-7-11-23)20-27(24)22-8-4-3-5-9-22;/h3-5,8-9,21,23-27H,6-7,10-20H2,1-2H3;1H/t24-,25?,26?,27-,31?;/m1./s1. The molecular formula is C31H44ClFN4O3. The molecule has 4 aliphatic heterocycles. The van der Waals surface area contributed by atoms with Crippen LogP contribution in [0.2, 0.25) is 0 Å². The van der Waals surface area contributed by atoms with Gasteiger partial charge in [0.05, 0.1) is 6.54 Å². The maximum Gasteiger partial charge on any atom is 0.327 e. The van der Waals surface area contributed by atoms with E-state index in [0.717, 1.165) is 63.1 Å². The summed E-state index contributed by atoms with van der Waals surface area (Å²) < 4.78 is 13.3. The highest BCUT2D eigenvalue weighted by atomic mass is 35.5. The Balaban J connectivity index is 0.00000323. The molecule has 40 heavy (non-hydrogen) atoms. The average molecular weight is 575 g/mol. The van der Waals surface area contributed by atoms with Crippen molar-refractivity contribution in [2.45, 2.75) is 94.8 Å². The van der Waals surface area contributed by atoms with Crippen LogP contribution < -0.4 is 0 Å². The molecule has 5 aliphatic rings. The first kappa shape index (κ1) is 29.3. The Morgan fingerprint density at radius 3 is 2.25 bits per heavy atom. The van der Waals surface area contributed by atoms with Gasteiger partial charge in [0, 0.05) is 49.6 Å². The molecule has 1 aromatic carbocycles.